The summed E-state index contributed by atoms with van der Waals surface area (Å²) in [6.45, 7) is 3.81. The predicted octanol–water partition coefficient (Wildman–Crippen LogP) is 2.96. The maximum absolute atomic E-state index is 12.4. The fourth-order valence-electron chi connectivity index (χ4n) is 2.88. The zero-order valence-electron chi connectivity index (χ0n) is 16.5. The van der Waals surface area contributed by atoms with E-state index in [-0.39, 0.29) is 18.4 Å². The normalized spacial score (nSPS) is 12.5. The molecule has 156 valence electrons. The summed E-state index contributed by atoms with van der Waals surface area (Å²) in [5, 5.41) is 0. The van der Waals surface area contributed by atoms with E-state index in [0.29, 0.717) is 35.7 Å². The van der Waals surface area contributed by atoms with E-state index in [1.165, 1.54) is 9.80 Å². The lowest BCUT2D eigenvalue weighted by Gasteiger charge is -2.19. The summed E-state index contributed by atoms with van der Waals surface area (Å²) in [5.41, 5.74) is 1.63. The molecule has 0 radical (unpaired) electrons. The van der Waals surface area contributed by atoms with Crippen molar-refractivity contribution < 1.29 is 23.9 Å². The minimum atomic E-state index is -0.676. The molecule has 0 N–H and O–H groups in total. The lowest BCUT2D eigenvalue weighted by molar-refractivity contribution is -0.151. The van der Waals surface area contributed by atoms with Crippen molar-refractivity contribution in [3.05, 3.63) is 70.7 Å². The molecule has 2 aromatic carbocycles. The molecule has 0 saturated carbocycles. The van der Waals surface area contributed by atoms with Gasteiger partial charge >= 0.3 is 5.97 Å². The van der Waals surface area contributed by atoms with Gasteiger partial charge in [0, 0.05) is 28.3 Å². The highest BCUT2D eigenvalue weighted by atomic mass is 79.9. The predicted molar refractivity (Wildman–Crippen MR) is 115 cm³/mol. The van der Waals surface area contributed by atoms with Crippen LogP contribution in [-0.4, -0.2) is 60.9 Å². The topological polar surface area (TPSA) is 76.2 Å². The second-order valence-corrected chi connectivity index (χ2v) is 7.58. The Balaban J connectivity index is 1.41. The number of carbonyl (C=O) groups excluding carboxylic acids is 3. The van der Waals surface area contributed by atoms with E-state index in [4.69, 9.17) is 9.47 Å². The Morgan fingerprint density at radius 1 is 1.10 bits per heavy atom. The quantitative estimate of drug-likeness (QED) is 0.552. The standard InChI is InChI=1S/C22H21BrN2O5/c1-15-18-5-3-4-6-19(18)22(28)25(15)13-21(27)30-14-20(26)24(2)11-12-29-17-9-7-16(23)8-10-17/h3-10H,1,11-14H2,2H3. The van der Waals surface area contributed by atoms with Crippen molar-refractivity contribution in [2.75, 3.05) is 33.4 Å². The molecule has 7 nitrogen and oxygen atoms in total. The second-order valence-electron chi connectivity index (χ2n) is 6.66. The molecule has 0 bridgehead atoms. The van der Waals surface area contributed by atoms with Crippen LogP contribution < -0.4 is 4.74 Å². The van der Waals surface area contributed by atoms with Crippen LogP contribution in [-0.2, 0) is 14.3 Å². The van der Waals surface area contributed by atoms with Crippen molar-refractivity contribution in [2.24, 2.45) is 0 Å². The summed E-state index contributed by atoms with van der Waals surface area (Å²) in [7, 11) is 1.60. The molecular formula is C22H21BrN2O5. The van der Waals surface area contributed by atoms with Gasteiger partial charge in [-0.15, -0.1) is 0 Å². The van der Waals surface area contributed by atoms with Crippen LogP contribution in [0.2, 0.25) is 0 Å². The number of likely N-dealkylation sites (N-methyl/N-ethyl adjacent to an activating group) is 1. The maximum Gasteiger partial charge on any atom is 0.326 e. The molecule has 0 spiro atoms. The van der Waals surface area contributed by atoms with Crippen LogP contribution in [0.5, 0.6) is 5.75 Å². The summed E-state index contributed by atoms with van der Waals surface area (Å²) >= 11 is 3.35. The molecule has 1 aliphatic rings. The van der Waals surface area contributed by atoms with Gasteiger partial charge in [-0.05, 0) is 30.3 Å². The van der Waals surface area contributed by atoms with Gasteiger partial charge in [0.25, 0.3) is 11.8 Å². The van der Waals surface area contributed by atoms with E-state index in [1.54, 1.807) is 31.3 Å². The summed E-state index contributed by atoms with van der Waals surface area (Å²) in [6, 6.07) is 14.4. The van der Waals surface area contributed by atoms with Gasteiger partial charge in [0.2, 0.25) is 0 Å². The molecule has 2 amide bonds. The maximum atomic E-state index is 12.4. The van der Waals surface area contributed by atoms with Gasteiger partial charge in [0.05, 0.1) is 6.54 Å². The van der Waals surface area contributed by atoms with E-state index < -0.39 is 12.6 Å². The number of fused-ring (bicyclic) bond motifs is 1. The van der Waals surface area contributed by atoms with Crippen LogP contribution in [0.15, 0.2) is 59.6 Å². The number of hydrogen-bond acceptors (Lipinski definition) is 5. The van der Waals surface area contributed by atoms with Crippen molar-refractivity contribution >= 4 is 39.4 Å². The lowest BCUT2D eigenvalue weighted by atomic mass is 10.1. The van der Waals surface area contributed by atoms with E-state index in [1.807, 2.05) is 24.3 Å². The van der Waals surface area contributed by atoms with Gasteiger partial charge in [-0.25, -0.2) is 0 Å². The summed E-state index contributed by atoms with van der Waals surface area (Å²) in [4.78, 5) is 39.4. The van der Waals surface area contributed by atoms with Gasteiger partial charge in [0.15, 0.2) is 6.61 Å². The van der Waals surface area contributed by atoms with Crippen molar-refractivity contribution in [1.29, 1.82) is 0 Å². The molecule has 0 unspecified atom stereocenters. The van der Waals surface area contributed by atoms with Crippen molar-refractivity contribution in [3.8, 4) is 5.75 Å². The van der Waals surface area contributed by atoms with E-state index in [2.05, 4.69) is 22.5 Å². The molecule has 8 heteroatoms. The van der Waals surface area contributed by atoms with E-state index in [9.17, 15) is 14.4 Å². The smallest absolute Gasteiger partial charge is 0.326 e. The summed E-state index contributed by atoms with van der Waals surface area (Å²) < 4.78 is 11.6. The summed E-state index contributed by atoms with van der Waals surface area (Å²) in [6.07, 6.45) is 0. The molecule has 30 heavy (non-hydrogen) atoms. The number of carbonyl (C=O) groups is 3. The van der Waals surface area contributed by atoms with Gasteiger partial charge < -0.3 is 14.4 Å². The average molecular weight is 473 g/mol. The first-order valence-electron chi connectivity index (χ1n) is 9.25. The lowest BCUT2D eigenvalue weighted by Crippen LogP contribution is -2.36. The number of nitrogens with zero attached hydrogens (tertiary/aromatic N) is 2. The molecule has 0 aromatic heterocycles. The highest BCUT2D eigenvalue weighted by Gasteiger charge is 2.32. The molecule has 0 saturated heterocycles. The fraction of sp³-hybridized carbons (Fsp3) is 0.227. The molecular weight excluding hydrogens is 452 g/mol. The van der Waals surface area contributed by atoms with Gasteiger partial charge in [-0.1, -0.05) is 40.7 Å². The number of halogens is 1. The van der Waals surface area contributed by atoms with Crippen molar-refractivity contribution in [3.63, 3.8) is 0 Å². The zero-order chi connectivity index (χ0) is 21.7. The average Bonchev–Trinajstić information content (AvgIpc) is 2.98. The highest BCUT2D eigenvalue weighted by molar-refractivity contribution is 9.10. The Hall–Kier alpha value is -3.13. The van der Waals surface area contributed by atoms with Crippen LogP contribution in [0, 0.1) is 0 Å². The largest absolute Gasteiger partial charge is 0.492 e. The Bertz CT molecular complexity index is 939. The molecule has 3 rings (SSSR count). The van der Waals surface area contributed by atoms with Crippen LogP contribution in [0.4, 0.5) is 0 Å². The first-order valence-corrected chi connectivity index (χ1v) is 10.0. The minimum Gasteiger partial charge on any atom is -0.492 e. The first-order chi connectivity index (χ1) is 14.4. The molecule has 1 heterocycles. The van der Waals surface area contributed by atoms with Gasteiger partial charge in [-0.2, -0.15) is 0 Å². The number of rotatable bonds is 8. The fourth-order valence-corrected chi connectivity index (χ4v) is 3.15. The third kappa shape index (κ3) is 5.07. The SMILES string of the molecule is C=C1c2ccccc2C(=O)N1CC(=O)OCC(=O)N(C)CCOc1ccc(Br)cc1. The molecule has 0 aliphatic carbocycles. The number of amides is 2. The Kier molecular flexibility index (Phi) is 6.89. The first kappa shape index (κ1) is 21.6. The number of benzene rings is 2. The number of hydrogen-bond donors (Lipinski definition) is 0. The molecule has 0 fully saturated rings. The number of ether oxygens (including phenoxy) is 2. The monoisotopic (exact) mass is 472 g/mol. The Morgan fingerprint density at radius 2 is 1.77 bits per heavy atom. The van der Waals surface area contributed by atoms with E-state index in [0.717, 1.165) is 4.47 Å². The second kappa shape index (κ2) is 9.58. The third-order valence-electron chi connectivity index (χ3n) is 4.62. The molecule has 2 aromatic rings. The van der Waals surface area contributed by atoms with E-state index >= 15 is 0 Å². The van der Waals surface area contributed by atoms with Crippen molar-refractivity contribution in [2.45, 2.75) is 0 Å². The van der Waals surface area contributed by atoms with Gasteiger partial charge in [-0.3, -0.25) is 19.3 Å². The minimum absolute atomic E-state index is 0.296. The third-order valence-corrected chi connectivity index (χ3v) is 5.15. The highest BCUT2D eigenvalue weighted by Crippen LogP contribution is 2.30. The van der Waals surface area contributed by atoms with Crippen LogP contribution in [0.25, 0.3) is 5.70 Å². The summed E-state index contributed by atoms with van der Waals surface area (Å²) in [5.74, 6) is -0.647. The van der Waals surface area contributed by atoms with Gasteiger partial charge in [0.1, 0.15) is 18.9 Å². The van der Waals surface area contributed by atoms with Crippen LogP contribution in [0.1, 0.15) is 15.9 Å². The molecule has 1 aliphatic heterocycles. The number of esters is 1. The Labute approximate surface area is 183 Å². The Morgan fingerprint density at radius 3 is 2.43 bits per heavy atom. The van der Waals surface area contributed by atoms with Crippen LogP contribution >= 0.6 is 15.9 Å². The van der Waals surface area contributed by atoms with Crippen LogP contribution in [0.3, 0.4) is 0 Å². The molecule has 0 atom stereocenters. The van der Waals surface area contributed by atoms with Crippen molar-refractivity contribution in [1.82, 2.24) is 9.80 Å². The zero-order valence-corrected chi connectivity index (χ0v) is 18.1.